The zero-order chi connectivity index (χ0) is 56.2. The lowest BCUT2D eigenvalue weighted by Crippen LogP contribution is -2.28. The second kappa shape index (κ2) is 67.8. The predicted octanol–water partition coefficient (Wildman–Crippen LogP) is 23.2. The highest BCUT2D eigenvalue weighted by atomic mass is 16.6. The smallest absolute Gasteiger partial charge is 0.306 e. The lowest BCUT2D eigenvalue weighted by atomic mass is 10.0. The number of hydrogen-bond donors (Lipinski definition) is 1. The molecular formula is C73H126O5. The molecule has 0 aromatic rings. The van der Waals surface area contributed by atoms with Crippen molar-refractivity contribution in [1.29, 1.82) is 0 Å². The molecule has 448 valence electrons. The summed E-state index contributed by atoms with van der Waals surface area (Å²) in [5, 5.41) is 9.69. The molecule has 0 aromatic heterocycles. The third kappa shape index (κ3) is 65.1. The van der Waals surface area contributed by atoms with Crippen molar-refractivity contribution in [3.05, 3.63) is 109 Å². The van der Waals surface area contributed by atoms with Gasteiger partial charge in [-0.05, 0) is 96.3 Å². The van der Waals surface area contributed by atoms with Crippen molar-refractivity contribution < 1.29 is 24.2 Å². The summed E-state index contributed by atoms with van der Waals surface area (Å²) in [6.07, 6.45) is 98.3. The van der Waals surface area contributed by atoms with Crippen LogP contribution < -0.4 is 0 Å². The van der Waals surface area contributed by atoms with E-state index in [1.54, 1.807) is 0 Å². The van der Waals surface area contributed by atoms with Gasteiger partial charge in [0.1, 0.15) is 6.61 Å². The third-order valence-corrected chi connectivity index (χ3v) is 14.6. The van der Waals surface area contributed by atoms with Gasteiger partial charge in [-0.25, -0.2) is 0 Å². The number of carbonyl (C=O) groups excluding carboxylic acids is 2. The highest BCUT2D eigenvalue weighted by molar-refractivity contribution is 5.70. The van der Waals surface area contributed by atoms with Gasteiger partial charge in [0.05, 0.1) is 6.61 Å². The van der Waals surface area contributed by atoms with Gasteiger partial charge in [0.15, 0.2) is 6.10 Å². The van der Waals surface area contributed by atoms with Crippen molar-refractivity contribution in [2.24, 2.45) is 0 Å². The Labute approximate surface area is 484 Å². The van der Waals surface area contributed by atoms with Crippen molar-refractivity contribution in [3.63, 3.8) is 0 Å². The minimum absolute atomic E-state index is 0.0687. The van der Waals surface area contributed by atoms with Crippen LogP contribution in [0.1, 0.15) is 322 Å². The number of aliphatic hydroxyl groups is 1. The number of allylic oxidation sites excluding steroid dienone is 18. The first-order valence-corrected chi connectivity index (χ1v) is 33.4. The molecule has 0 radical (unpaired) electrons. The van der Waals surface area contributed by atoms with Crippen molar-refractivity contribution >= 4 is 11.9 Å². The zero-order valence-electron chi connectivity index (χ0n) is 51.4. The second-order valence-electron chi connectivity index (χ2n) is 22.1. The van der Waals surface area contributed by atoms with E-state index in [1.165, 1.54) is 199 Å². The monoisotopic (exact) mass is 1080 g/mol. The van der Waals surface area contributed by atoms with Crippen LogP contribution in [0.25, 0.3) is 0 Å². The molecule has 1 unspecified atom stereocenters. The van der Waals surface area contributed by atoms with Gasteiger partial charge in [0.25, 0.3) is 0 Å². The molecule has 0 saturated heterocycles. The molecule has 0 heterocycles. The molecule has 0 fully saturated rings. The standard InChI is InChI=1S/C73H126O5/c1-3-5-7-9-11-13-15-17-19-21-23-25-27-28-29-30-31-32-33-34-35-36-37-38-39-40-41-42-43-44-46-48-50-52-54-56-58-60-62-64-66-68-73(76)78-71(69-74)70-77-72(75)67-65-63-61-59-57-55-53-51-49-47-45-26-24-22-20-18-16-14-12-10-8-6-4-2/h5-8,11-14,17-20,23-26,28-29,71,74H,3-4,9-10,15-16,21-22,27,30-70H2,1-2H3/b7-5-,8-6-,13-11-,14-12-,19-17-,20-18-,25-23-,26-24-,29-28-. The second-order valence-corrected chi connectivity index (χ2v) is 22.1. The van der Waals surface area contributed by atoms with Crippen LogP contribution in [0.3, 0.4) is 0 Å². The Morgan fingerprint density at radius 1 is 0.295 bits per heavy atom. The fourth-order valence-corrected chi connectivity index (χ4v) is 9.64. The van der Waals surface area contributed by atoms with Crippen LogP contribution >= 0.6 is 0 Å². The van der Waals surface area contributed by atoms with Crippen LogP contribution in [0, 0.1) is 0 Å². The number of carbonyl (C=O) groups is 2. The first kappa shape index (κ1) is 74.6. The van der Waals surface area contributed by atoms with Crippen molar-refractivity contribution in [1.82, 2.24) is 0 Å². The lowest BCUT2D eigenvalue weighted by Gasteiger charge is -2.15. The average molecular weight is 1080 g/mol. The van der Waals surface area contributed by atoms with Crippen LogP contribution in [-0.4, -0.2) is 36.4 Å². The van der Waals surface area contributed by atoms with Crippen LogP contribution in [0.15, 0.2) is 109 Å². The largest absolute Gasteiger partial charge is 0.462 e. The molecule has 0 spiro atoms. The lowest BCUT2D eigenvalue weighted by molar-refractivity contribution is -0.161. The number of unbranched alkanes of at least 4 members (excludes halogenated alkanes) is 35. The fraction of sp³-hybridized carbons (Fsp3) is 0.726. The average Bonchev–Trinajstić information content (AvgIpc) is 3.44. The van der Waals surface area contributed by atoms with Crippen molar-refractivity contribution in [3.8, 4) is 0 Å². The maximum Gasteiger partial charge on any atom is 0.306 e. The van der Waals surface area contributed by atoms with Gasteiger partial charge in [-0.1, -0.05) is 322 Å². The normalized spacial score (nSPS) is 12.9. The van der Waals surface area contributed by atoms with Crippen molar-refractivity contribution in [2.75, 3.05) is 13.2 Å². The maximum absolute atomic E-state index is 12.4. The van der Waals surface area contributed by atoms with Gasteiger partial charge < -0.3 is 14.6 Å². The van der Waals surface area contributed by atoms with Gasteiger partial charge in [-0.3, -0.25) is 9.59 Å². The summed E-state index contributed by atoms with van der Waals surface area (Å²) in [5.41, 5.74) is 0. The van der Waals surface area contributed by atoms with E-state index in [0.29, 0.717) is 12.8 Å². The molecule has 0 amide bonds. The molecule has 0 aliphatic rings. The Kier molecular flexibility index (Phi) is 64.8. The molecule has 78 heavy (non-hydrogen) atoms. The quantitative estimate of drug-likeness (QED) is 0.0373. The molecule has 0 aliphatic heterocycles. The van der Waals surface area contributed by atoms with E-state index < -0.39 is 6.10 Å². The number of hydrogen-bond acceptors (Lipinski definition) is 5. The summed E-state index contributed by atoms with van der Waals surface area (Å²) < 4.78 is 10.7. The van der Waals surface area contributed by atoms with Crippen LogP contribution in [0.5, 0.6) is 0 Å². The van der Waals surface area contributed by atoms with E-state index in [1.807, 2.05) is 0 Å². The topological polar surface area (TPSA) is 72.8 Å². The van der Waals surface area contributed by atoms with Crippen molar-refractivity contribution in [2.45, 2.75) is 328 Å². The summed E-state index contributed by atoms with van der Waals surface area (Å²) in [6.45, 7) is 3.94. The Morgan fingerprint density at radius 2 is 0.513 bits per heavy atom. The number of aliphatic hydroxyl groups excluding tert-OH is 1. The van der Waals surface area contributed by atoms with Crippen LogP contribution in [-0.2, 0) is 19.1 Å². The summed E-state index contributed by atoms with van der Waals surface area (Å²) >= 11 is 0. The first-order valence-electron chi connectivity index (χ1n) is 33.4. The van der Waals surface area contributed by atoms with Crippen LogP contribution in [0.4, 0.5) is 0 Å². The first-order chi connectivity index (χ1) is 38.6. The molecule has 5 nitrogen and oxygen atoms in total. The molecule has 0 rings (SSSR count). The Hall–Kier alpha value is -3.44. The summed E-state index contributed by atoms with van der Waals surface area (Å²) in [4.78, 5) is 24.6. The minimum atomic E-state index is -0.778. The Morgan fingerprint density at radius 3 is 0.769 bits per heavy atom. The zero-order valence-corrected chi connectivity index (χ0v) is 51.4. The van der Waals surface area contributed by atoms with E-state index in [9.17, 15) is 14.7 Å². The summed E-state index contributed by atoms with van der Waals surface area (Å²) in [5.74, 6) is -0.585. The number of esters is 2. The molecule has 0 aliphatic carbocycles. The molecule has 0 saturated carbocycles. The van der Waals surface area contributed by atoms with E-state index in [0.717, 1.165) is 96.3 Å². The maximum atomic E-state index is 12.4. The SMILES string of the molecule is CC/C=C\C/C=C\C/C=C\C/C=C\C/C=C\CCCCCCCCCCCCCCCCCCCCCCCCCCCC(=O)OC(CO)COC(=O)CCCCCCCCCCCC/C=C\C/C=C\C/C=C\C/C=C\CC. The third-order valence-electron chi connectivity index (χ3n) is 14.6. The predicted molar refractivity (Wildman–Crippen MR) is 343 cm³/mol. The Balaban J connectivity index is 3.42. The molecule has 1 N–H and O–H groups in total. The molecule has 5 heteroatoms. The van der Waals surface area contributed by atoms with Crippen LogP contribution in [0.2, 0.25) is 0 Å². The van der Waals surface area contributed by atoms with Gasteiger partial charge in [0.2, 0.25) is 0 Å². The highest BCUT2D eigenvalue weighted by Crippen LogP contribution is 2.18. The number of ether oxygens (including phenoxy) is 2. The van der Waals surface area contributed by atoms with E-state index in [4.69, 9.17) is 9.47 Å². The van der Waals surface area contributed by atoms with E-state index in [-0.39, 0.29) is 25.2 Å². The van der Waals surface area contributed by atoms with Gasteiger partial charge >= 0.3 is 11.9 Å². The Bertz CT molecular complexity index is 1510. The van der Waals surface area contributed by atoms with Gasteiger partial charge in [-0.15, -0.1) is 0 Å². The number of rotatable bonds is 61. The summed E-state index contributed by atoms with van der Waals surface area (Å²) in [7, 11) is 0. The molecule has 0 aromatic carbocycles. The fourth-order valence-electron chi connectivity index (χ4n) is 9.64. The molecule has 1 atom stereocenters. The summed E-state index contributed by atoms with van der Waals surface area (Å²) in [6, 6.07) is 0. The minimum Gasteiger partial charge on any atom is -0.462 e. The van der Waals surface area contributed by atoms with Gasteiger partial charge in [-0.2, -0.15) is 0 Å². The molecular weight excluding hydrogens is 957 g/mol. The van der Waals surface area contributed by atoms with Gasteiger partial charge in [0, 0.05) is 12.8 Å². The van der Waals surface area contributed by atoms with E-state index in [2.05, 4.69) is 123 Å². The molecule has 0 bridgehead atoms. The highest BCUT2D eigenvalue weighted by Gasteiger charge is 2.16. The van der Waals surface area contributed by atoms with E-state index >= 15 is 0 Å².